The molecule has 10 nitrogen and oxygen atoms in total. The highest BCUT2D eigenvalue weighted by Crippen LogP contribution is 2.31. The molecule has 0 spiro atoms. The van der Waals surface area contributed by atoms with Crippen molar-refractivity contribution in [3.05, 3.63) is 53.9 Å². The zero-order valence-electron chi connectivity index (χ0n) is 25.7. The van der Waals surface area contributed by atoms with Gasteiger partial charge in [0.2, 0.25) is 11.8 Å². The molecule has 1 aromatic carbocycles. The highest BCUT2D eigenvalue weighted by molar-refractivity contribution is 6.00. The van der Waals surface area contributed by atoms with Gasteiger partial charge in [-0.15, -0.1) is 0 Å². The van der Waals surface area contributed by atoms with E-state index in [9.17, 15) is 24.3 Å². The lowest BCUT2D eigenvalue weighted by atomic mass is 9.91. The highest BCUT2D eigenvalue weighted by atomic mass is 16.4. The normalized spacial score (nSPS) is 15.0. The summed E-state index contributed by atoms with van der Waals surface area (Å²) < 4.78 is 0. The Morgan fingerprint density at radius 1 is 0.952 bits per heavy atom. The number of hydrogen-bond acceptors (Lipinski definition) is 6. The monoisotopic (exact) mass is 579 g/mol. The number of carbonyl (C=O) groups excluding carboxylic acids is 3. The van der Waals surface area contributed by atoms with Gasteiger partial charge < -0.3 is 25.5 Å². The molecule has 1 saturated heterocycles. The minimum absolute atomic E-state index is 0.0928. The molecule has 42 heavy (non-hydrogen) atoms. The molecule has 3 rings (SSSR count). The number of aromatic nitrogens is 1. The molecular formula is C32H45N5O5. The third-order valence-electron chi connectivity index (χ3n) is 6.87. The number of amides is 3. The van der Waals surface area contributed by atoms with Crippen molar-refractivity contribution in [2.75, 3.05) is 36.4 Å². The highest BCUT2D eigenvalue weighted by Gasteiger charge is 2.26. The van der Waals surface area contributed by atoms with E-state index in [2.05, 4.69) is 41.3 Å². The number of nitrogens with one attached hydrogen (secondary N) is 2. The number of carboxylic acids is 1. The molecule has 1 atom stereocenters. The van der Waals surface area contributed by atoms with Crippen LogP contribution in [0.25, 0.3) is 0 Å². The quantitative estimate of drug-likeness (QED) is 0.386. The van der Waals surface area contributed by atoms with Crippen molar-refractivity contribution in [1.29, 1.82) is 0 Å². The van der Waals surface area contributed by atoms with Gasteiger partial charge in [0, 0.05) is 57.0 Å². The maximum Gasteiger partial charge on any atom is 0.305 e. The topological polar surface area (TPSA) is 132 Å². The summed E-state index contributed by atoms with van der Waals surface area (Å²) in [6, 6.07) is 7.76. The second kappa shape index (κ2) is 13.8. The predicted octanol–water partition coefficient (Wildman–Crippen LogP) is 4.88. The summed E-state index contributed by atoms with van der Waals surface area (Å²) in [6.45, 7) is 14.6. The first-order chi connectivity index (χ1) is 19.6. The molecule has 0 bridgehead atoms. The van der Waals surface area contributed by atoms with Gasteiger partial charge in [0.25, 0.3) is 5.91 Å². The average molecular weight is 580 g/mol. The van der Waals surface area contributed by atoms with E-state index in [1.807, 2.05) is 31.7 Å². The smallest absolute Gasteiger partial charge is 0.305 e. The van der Waals surface area contributed by atoms with Crippen molar-refractivity contribution in [2.24, 2.45) is 10.8 Å². The molecule has 1 aromatic heterocycles. The molecule has 228 valence electrons. The van der Waals surface area contributed by atoms with E-state index >= 15 is 0 Å². The van der Waals surface area contributed by atoms with Crippen molar-refractivity contribution in [3.63, 3.8) is 0 Å². The van der Waals surface area contributed by atoms with Gasteiger partial charge in [0.15, 0.2) is 0 Å². The fourth-order valence-corrected chi connectivity index (χ4v) is 4.95. The molecule has 0 saturated carbocycles. The maximum atomic E-state index is 13.4. The van der Waals surface area contributed by atoms with Gasteiger partial charge >= 0.3 is 5.97 Å². The van der Waals surface area contributed by atoms with E-state index in [0.29, 0.717) is 55.8 Å². The first-order valence-corrected chi connectivity index (χ1v) is 14.5. The number of hydrogen-bond donors (Lipinski definition) is 3. The third kappa shape index (κ3) is 10.2. The van der Waals surface area contributed by atoms with Gasteiger partial charge in [0.1, 0.15) is 0 Å². The van der Waals surface area contributed by atoms with Crippen molar-refractivity contribution in [1.82, 2.24) is 15.2 Å². The van der Waals surface area contributed by atoms with Crippen LogP contribution in [0.15, 0.2) is 42.7 Å². The Kier molecular flexibility index (Phi) is 10.7. The summed E-state index contributed by atoms with van der Waals surface area (Å²) in [7, 11) is 0. The predicted molar refractivity (Wildman–Crippen MR) is 163 cm³/mol. The Hall–Kier alpha value is -3.95. The SMILES string of the molecule is CC(C)(C)CC(=O)Nc1cc(C(=O)NC(CC(=O)O)c2cccnc2)ccc1N1CCCN(C(=O)CC(C)(C)C)CC1. The molecular weight excluding hydrogens is 534 g/mol. The van der Waals surface area contributed by atoms with Crippen LogP contribution in [0.5, 0.6) is 0 Å². The first-order valence-electron chi connectivity index (χ1n) is 14.5. The Balaban J connectivity index is 1.87. The molecule has 0 radical (unpaired) electrons. The number of nitrogens with zero attached hydrogens (tertiary/aromatic N) is 3. The molecule has 2 aromatic rings. The van der Waals surface area contributed by atoms with Gasteiger partial charge in [-0.2, -0.15) is 0 Å². The summed E-state index contributed by atoms with van der Waals surface area (Å²) in [5, 5.41) is 15.3. The van der Waals surface area contributed by atoms with Crippen LogP contribution in [0.1, 0.15) is 89.2 Å². The fraction of sp³-hybridized carbons (Fsp3) is 0.531. The number of carbonyl (C=O) groups is 4. The van der Waals surface area contributed by atoms with Gasteiger partial charge in [0.05, 0.1) is 23.8 Å². The van der Waals surface area contributed by atoms with E-state index in [-0.39, 0.29) is 29.1 Å². The summed E-state index contributed by atoms with van der Waals surface area (Å²) in [5.74, 6) is -1.54. The van der Waals surface area contributed by atoms with Gasteiger partial charge in [-0.3, -0.25) is 24.2 Å². The van der Waals surface area contributed by atoms with Crippen LogP contribution in [0.4, 0.5) is 11.4 Å². The van der Waals surface area contributed by atoms with Crippen molar-refractivity contribution in [3.8, 4) is 0 Å². The number of pyridine rings is 1. The van der Waals surface area contributed by atoms with Gasteiger partial charge in [-0.05, 0) is 47.1 Å². The third-order valence-corrected chi connectivity index (χ3v) is 6.87. The summed E-state index contributed by atoms with van der Waals surface area (Å²) in [5.41, 5.74) is 1.82. The molecule has 1 fully saturated rings. The summed E-state index contributed by atoms with van der Waals surface area (Å²) in [4.78, 5) is 58.9. The second-order valence-electron chi connectivity index (χ2n) is 13.4. The van der Waals surface area contributed by atoms with Crippen LogP contribution in [0.2, 0.25) is 0 Å². The second-order valence-corrected chi connectivity index (χ2v) is 13.4. The molecule has 2 heterocycles. The van der Waals surface area contributed by atoms with E-state index in [1.165, 1.54) is 6.20 Å². The Bertz CT molecular complexity index is 1270. The molecule has 10 heteroatoms. The summed E-state index contributed by atoms with van der Waals surface area (Å²) in [6.07, 6.45) is 4.35. The lowest BCUT2D eigenvalue weighted by Gasteiger charge is -2.28. The van der Waals surface area contributed by atoms with Crippen LogP contribution in [-0.4, -0.2) is 64.9 Å². The number of benzene rings is 1. The Morgan fingerprint density at radius 2 is 1.67 bits per heavy atom. The minimum atomic E-state index is -1.05. The minimum Gasteiger partial charge on any atom is -0.481 e. The Labute approximate surface area is 248 Å². The van der Waals surface area contributed by atoms with Crippen LogP contribution in [0, 0.1) is 10.8 Å². The standard InChI is InChI=1S/C32H45N5O5/c1-31(2,3)19-27(38)34-25-17-22(30(42)35-24(18-29(40)41)23-9-7-12-33-21-23)10-11-26(25)36-13-8-14-37(16-15-36)28(39)20-32(4,5)6/h7,9-12,17,21,24H,8,13-16,18-20H2,1-6H3,(H,34,38)(H,35,42)(H,40,41). The maximum absolute atomic E-state index is 13.4. The Morgan fingerprint density at radius 3 is 2.29 bits per heavy atom. The molecule has 3 amide bonds. The number of anilines is 2. The zero-order chi connectivity index (χ0) is 31.1. The van der Waals surface area contributed by atoms with E-state index in [0.717, 1.165) is 12.1 Å². The zero-order valence-corrected chi connectivity index (χ0v) is 25.7. The van der Waals surface area contributed by atoms with Crippen LogP contribution in [0.3, 0.4) is 0 Å². The molecule has 1 aliphatic heterocycles. The van der Waals surface area contributed by atoms with Crippen LogP contribution in [-0.2, 0) is 14.4 Å². The van der Waals surface area contributed by atoms with E-state index in [4.69, 9.17) is 0 Å². The number of rotatable bonds is 9. The van der Waals surface area contributed by atoms with Crippen molar-refractivity contribution >= 4 is 35.1 Å². The molecule has 3 N–H and O–H groups in total. The molecule has 1 aliphatic rings. The van der Waals surface area contributed by atoms with Gasteiger partial charge in [-0.1, -0.05) is 47.6 Å². The van der Waals surface area contributed by atoms with Crippen LogP contribution < -0.4 is 15.5 Å². The number of aliphatic carboxylic acids is 1. The largest absolute Gasteiger partial charge is 0.481 e. The lowest BCUT2D eigenvalue weighted by Crippen LogP contribution is -2.37. The lowest BCUT2D eigenvalue weighted by molar-refractivity contribution is -0.137. The van der Waals surface area contributed by atoms with E-state index in [1.54, 1.807) is 30.5 Å². The first kappa shape index (κ1) is 32.6. The molecule has 1 unspecified atom stereocenters. The molecule has 0 aliphatic carbocycles. The van der Waals surface area contributed by atoms with Crippen molar-refractivity contribution < 1.29 is 24.3 Å². The number of carboxylic acid groups (broad SMARTS) is 1. The average Bonchev–Trinajstić information content (AvgIpc) is 3.13. The van der Waals surface area contributed by atoms with Crippen molar-refractivity contribution in [2.45, 2.75) is 73.3 Å². The van der Waals surface area contributed by atoms with E-state index < -0.39 is 17.9 Å². The summed E-state index contributed by atoms with van der Waals surface area (Å²) >= 11 is 0. The van der Waals surface area contributed by atoms with Gasteiger partial charge in [-0.25, -0.2) is 0 Å². The fourth-order valence-electron chi connectivity index (χ4n) is 4.95. The van der Waals surface area contributed by atoms with Crippen LogP contribution >= 0.6 is 0 Å².